The molecule has 1 aromatic carbocycles. The number of carbonyl (C=O) groups excluding carboxylic acids is 1. The smallest absolute Gasteiger partial charge is 0.253 e. The molecule has 0 saturated heterocycles. The minimum Gasteiger partial charge on any atom is -0.399 e. The molecular formula is C14H16N2OS. The number of amides is 1. The van der Waals surface area contributed by atoms with Crippen LogP contribution < -0.4 is 5.73 Å². The fraction of sp³-hybridized carbons (Fsp3) is 0.214. The molecule has 1 aromatic heterocycles. The molecular weight excluding hydrogens is 244 g/mol. The molecule has 0 aliphatic heterocycles. The molecule has 0 aliphatic rings. The number of likely N-dealkylation sites (N-methyl/N-ethyl adjacent to an activating group) is 1. The van der Waals surface area contributed by atoms with Gasteiger partial charge in [-0.15, -0.1) is 11.3 Å². The highest BCUT2D eigenvalue weighted by Crippen LogP contribution is 2.11. The number of nitrogens with two attached hydrogens (primary N) is 1. The predicted octanol–water partition coefficient (Wildman–Crippen LogP) is 2.65. The first-order valence-corrected chi connectivity index (χ1v) is 6.68. The second-order valence-electron chi connectivity index (χ2n) is 4.18. The standard InChI is InChI=1S/C14H16N2OS/c1-16(9-8-13-3-2-10-18-13)14(17)11-4-6-12(15)7-5-11/h2-7,10H,8-9,15H2,1H3. The highest BCUT2D eigenvalue weighted by molar-refractivity contribution is 7.09. The predicted molar refractivity (Wildman–Crippen MR) is 75.8 cm³/mol. The largest absolute Gasteiger partial charge is 0.399 e. The Labute approximate surface area is 111 Å². The van der Waals surface area contributed by atoms with Crippen molar-refractivity contribution in [2.24, 2.45) is 0 Å². The van der Waals surface area contributed by atoms with Crippen LogP contribution in [0.2, 0.25) is 0 Å². The second kappa shape index (κ2) is 5.69. The van der Waals surface area contributed by atoms with Crippen LogP contribution in [0.1, 0.15) is 15.2 Å². The van der Waals surface area contributed by atoms with Crippen molar-refractivity contribution in [3.63, 3.8) is 0 Å². The van der Waals surface area contributed by atoms with Crippen molar-refractivity contribution in [2.75, 3.05) is 19.3 Å². The van der Waals surface area contributed by atoms with E-state index in [0.29, 0.717) is 11.3 Å². The average Bonchev–Trinajstić information content (AvgIpc) is 2.89. The summed E-state index contributed by atoms with van der Waals surface area (Å²) in [5.74, 6) is 0.0338. The van der Waals surface area contributed by atoms with Crippen molar-refractivity contribution in [1.82, 2.24) is 4.90 Å². The molecule has 1 heterocycles. The molecule has 2 N–H and O–H groups in total. The fourth-order valence-electron chi connectivity index (χ4n) is 1.68. The van der Waals surface area contributed by atoms with Gasteiger partial charge in [0.25, 0.3) is 5.91 Å². The van der Waals surface area contributed by atoms with Gasteiger partial charge in [0.2, 0.25) is 0 Å². The number of rotatable bonds is 4. The van der Waals surface area contributed by atoms with E-state index in [4.69, 9.17) is 5.73 Å². The van der Waals surface area contributed by atoms with Crippen LogP contribution in [0.25, 0.3) is 0 Å². The SMILES string of the molecule is CN(CCc1cccs1)C(=O)c1ccc(N)cc1. The average molecular weight is 260 g/mol. The Hall–Kier alpha value is -1.81. The maximum absolute atomic E-state index is 12.1. The Bertz CT molecular complexity index is 505. The molecule has 0 fully saturated rings. The van der Waals surface area contributed by atoms with Gasteiger partial charge >= 0.3 is 0 Å². The molecule has 0 radical (unpaired) electrons. The molecule has 0 atom stereocenters. The lowest BCUT2D eigenvalue weighted by Gasteiger charge is -2.16. The van der Waals surface area contributed by atoms with Crippen LogP contribution in [0.4, 0.5) is 5.69 Å². The Morgan fingerprint density at radius 2 is 2.00 bits per heavy atom. The van der Waals surface area contributed by atoms with Crippen molar-refractivity contribution in [3.05, 3.63) is 52.2 Å². The third-order valence-corrected chi connectivity index (χ3v) is 3.71. The van der Waals surface area contributed by atoms with Crippen LogP contribution in [-0.4, -0.2) is 24.4 Å². The van der Waals surface area contributed by atoms with Crippen LogP contribution >= 0.6 is 11.3 Å². The number of thiophene rings is 1. The molecule has 1 amide bonds. The van der Waals surface area contributed by atoms with Gasteiger partial charge in [-0.1, -0.05) is 6.07 Å². The Balaban J connectivity index is 1.94. The third-order valence-electron chi connectivity index (χ3n) is 2.78. The summed E-state index contributed by atoms with van der Waals surface area (Å²) in [6.45, 7) is 0.726. The summed E-state index contributed by atoms with van der Waals surface area (Å²) >= 11 is 1.72. The van der Waals surface area contributed by atoms with E-state index >= 15 is 0 Å². The van der Waals surface area contributed by atoms with E-state index in [1.165, 1.54) is 4.88 Å². The monoisotopic (exact) mass is 260 g/mol. The molecule has 4 heteroatoms. The van der Waals surface area contributed by atoms with Gasteiger partial charge in [-0.2, -0.15) is 0 Å². The number of hydrogen-bond donors (Lipinski definition) is 1. The first-order chi connectivity index (χ1) is 8.66. The van der Waals surface area contributed by atoms with Crippen molar-refractivity contribution in [2.45, 2.75) is 6.42 Å². The zero-order chi connectivity index (χ0) is 13.0. The molecule has 2 aromatic rings. The summed E-state index contributed by atoms with van der Waals surface area (Å²) in [6.07, 6.45) is 0.898. The van der Waals surface area contributed by atoms with Gasteiger partial charge in [-0.3, -0.25) is 4.79 Å². The maximum Gasteiger partial charge on any atom is 0.253 e. The second-order valence-corrected chi connectivity index (χ2v) is 5.21. The Morgan fingerprint density at radius 3 is 2.61 bits per heavy atom. The van der Waals surface area contributed by atoms with Gasteiger partial charge in [-0.25, -0.2) is 0 Å². The molecule has 2 rings (SSSR count). The number of benzene rings is 1. The van der Waals surface area contributed by atoms with E-state index in [0.717, 1.165) is 13.0 Å². The Kier molecular flexibility index (Phi) is 3.99. The summed E-state index contributed by atoms with van der Waals surface area (Å²) in [4.78, 5) is 15.1. The van der Waals surface area contributed by atoms with E-state index in [2.05, 4.69) is 11.4 Å². The number of nitrogens with zero attached hydrogens (tertiary/aromatic N) is 1. The zero-order valence-corrected chi connectivity index (χ0v) is 11.1. The quantitative estimate of drug-likeness (QED) is 0.859. The van der Waals surface area contributed by atoms with Gasteiger partial charge in [-0.05, 0) is 42.1 Å². The van der Waals surface area contributed by atoms with Gasteiger partial charge in [0, 0.05) is 29.7 Å². The van der Waals surface area contributed by atoms with E-state index < -0.39 is 0 Å². The lowest BCUT2D eigenvalue weighted by atomic mass is 10.2. The summed E-state index contributed by atoms with van der Waals surface area (Å²) in [5.41, 5.74) is 6.95. The highest BCUT2D eigenvalue weighted by atomic mass is 32.1. The van der Waals surface area contributed by atoms with E-state index in [1.807, 2.05) is 13.1 Å². The van der Waals surface area contributed by atoms with Gasteiger partial charge in [0.15, 0.2) is 0 Å². The minimum absolute atomic E-state index is 0.0338. The van der Waals surface area contributed by atoms with Crippen LogP contribution in [0, 0.1) is 0 Å². The van der Waals surface area contributed by atoms with Crippen LogP contribution in [0.15, 0.2) is 41.8 Å². The molecule has 0 bridgehead atoms. The molecule has 0 saturated carbocycles. The van der Waals surface area contributed by atoms with E-state index in [1.54, 1.807) is 40.5 Å². The summed E-state index contributed by atoms with van der Waals surface area (Å²) in [6, 6.07) is 11.1. The van der Waals surface area contributed by atoms with Gasteiger partial charge in [0.05, 0.1) is 0 Å². The van der Waals surface area contributed by atoms with Gasteiger partial charge in [0.1, 0.15) is 0 Å². The number of hydrogen-bond acceptors (Lipinski definition) is 3. The number of nitrogen functional groups attached to an aromatic ring is 1. The zero-order valence-electron chi connectivity index (χ0n) is 10.3. The van der Waals surface area contributed by atoms with Crippen molar-refractivity contribution >= 4 is 22.9 Å². The summed E-state index contributed by atoms with van der Waals surface area (Å²) in [5, 5.41) is 2.05. The molecule has 0 unspecified atom stereocenters. The third kappa shape index (κ3) is 3.11. The fourth-order valence-corrected chi connectivity index (χ4v) is 2.38. The lowest BCUT2D eigenvalue weighted by molar-refractivity contribution is 0.0797. The topological polar surface area (TPSA) is 46.3 Å². The lowest BCUT2D eigenvalue weighted by Crippen LogP contribution is -2.28. The van der Waals surface area contributed by atoms with Crippen molar-refractivity contribution in [3.8, 4) is 0 Å². The number of carbonyl (C=O) groups is 1. The molecule has 3 nitrogen and oxygen atoms in total. The van der Waals surface area contributed by atoms with Crippen LogP contribution in [0.3, 0.4) is 0 Å². The normalized spacial score (nSPS) is 10.3. The summed E-state index contributed by atoms with van der Waals surface area (Å²) < 4.78 is 0. The minimum atomic E-state index is 0.0338. The van der Waals surface area contributed by atoms with E-state index in [9.17, 15) is 4.79 Å². The number of anilines is 1. The highest BCUT2D eigenvalue weighted by Gasteiger charge is 2.11. The molecule has 0 aliphatic carbocycles. The van der Waals surface area contributed by atoms with Gasteiger partial charge < -0.3 is 10.6 Å². The maximum atomic E-state index is 12.1. The van der Waals surface area contributed by atoms with Crippen LogP contribution in [-0.2, 0) is 6.42 Å². The molecule has 18 heavy (non-hydrogen) atoms. The van der Waals surface area contributed by atoms with E-state index in [-0.39, 0.29) is 5.91 Å². The first kappa shape index (κ1) is 12.6. The van der Waals surface area contributed by atoms with Crippen molar-refractivity contribution in [1.29, 1.82) is 0 Å². The summed E-state index contributed by atoms with van der Waals surface area (Å²) in [7, 11) is 1.83. The first-order valence-electron chi connectivity index (χ1n) is 5.80. The molecule has 0 spiro atoms. The molecule has 94 valence electrons. The van der Waals surface area contributed by atoms with Crippen molar-refractivity contribution < 1.29 is 4.79 Å². The Morgan fingerprint density at radius 1 is 1.28 bits per heavy atom. The van der Waals surface area contributed by atoms with Crippen LogP contribution in [0.5, 0.6) is 0 Å².